The molecule has 26 heavy (non-hydrogen) atoms. The molecule has 1 atom stereocenters. The third-order valence-corrected chi connectivity index (χ3v) is 5.46. The number of thioether (sulfide) groups is 1. The maximum Gasteiger partial charge on any atom is 0.190 e. The van der Waals surface area contributed by atoms with E-state index in [9.17, 15) is 4.39 Å². The second-order valence-electron chi connectivity index (χ2n) is 5.96. The zero-order valence-electron chi connectivity index (χ0n) is 15.4. The van der Waals surface area contributed by atoms with Crippen LogP contribution >= 0.6 is 23.4 Å². The predicted molar refractivity (Wildman–Crippen MR) is 105 cm³/mol. The van der Waals surface area contributed by atoms with Crippen LogP contribution in [0.2, 0.25) is 5.15 Å². The van der Waals surface area contributed by atoms with E-state index in [1.165, 1.54) is 11.8 Å². The Morgan fingerprint density at radius 3 is 2.88 bits per heavy atom. The third-order valence-electron chi connectivity index (χ3n) is 4.48. The van der Waals surface area contributed by atoms with Crippen LogP contribution in [0, 0.1) is 5.82 Å². The minimum atomic E-state index is -0.554. The molecule has 2 aromatic rings. The Labute approximate surface area is 162 Å². The number of aryl methyl sites for hydroxylation is 1. The average Bonchev–Trinajstić information content (AvgIpc) is 2.97. The Morgan fingerprint density at radius 1 is 1.31 bits per heavy atom. The molecule has 1 fully saturated rings. The summed E-state index contributed by atoms with van der Waals surface area (Å²) in [7, 11) is 0. The van der Waals surface area contributed by atoms with E-state index in [-0.39, 0.29) is 16.7 Å². The van der Waals surface area contributed by atoms with Gasteiger partial charge in [-0.05, 0) is 25.0 Å². The first kappa shape index (κ1) is 19.6. The van der Waals surface area contributed by atoms with Gasteiger partial charge in [0.15, 0.2) is 16.1 Å². The monoisotopic (exact) mass is 398 g/mol. The van der Waals surface area contributed by atoms with E-state index < -0.39 is 5.82 Å². The largest absolute Gasteiger partial charge is 0.379 e. The van der Waals surface area contributed by atoms with E-state index in [1.54, 1.807) is 0 Å². The average molecular weight is 399 g/mol. The molecular weight excluding hydrogens is 375 g/mol. The predicted octanol–water partition coefficient (Wildman–Crippen LogP) is 4.50. The highest BCUT2D eigenvalue weighted by atomic mass is 35.5. The summed E-state index contributed by atoms with van der Waals surface area (Å²) in [5, 5.41) is 1.18. The van der Waals surface area contributed by atoms with Gasteiger partial charge in [-0.25, -0.2) is 19.3 Å². The lowest BCUT2D eigenvalue weighted by atomic mass is 10.1. The summed E-state index contributed by atoms with van der Waals surface area (Å²) in [6, 6.07) is 0.223. The molecule has 0 aromatic carbocycles. The van der Waals surface area contributed by atoms with Gasteiger partial charge in [0.05, 0.1) is 23.7 Å². The van der Waals surface area contributed by atoms with Crippen LogP contribution in [0.25, 0.3) is 10.9 Å². The summed E-state index contributed by atoms with van der Waals surface area (Å²) in [6.07, 6.45) is 2.53. The van der Waals surface area contributed by atoms with E-state index in [2.05, 4.69) is 14.9 Å². The van der Waals surface area contributed by atoms with E-state index in [4.69, 9.17) is 21.3 Å². The number of anilines is 1. The number of hydrogen-bond donors (Lipinski definition) is 0. The summed E-state index contributed by atoms with van der Waals surface area (Å²) < 4.78 is 20.4. The van der Waals surface area contributed by atoms with E-state index >= 15 is 0 Å². The first-order valence-corrected chi connectivity index (χ1v) is 10.6. The van der Waals surface area contributed by atoms with Gasteiger partial charge in [0.25, 0.3) is 0 Å². The summed E-state index contributed by atoms with van der Waals surface area (Å²) in [5.74, 6) is 1.05. The number of ether oxygens (including phenoxy) is 1. The second-order valence-corrected chi connectivity index (χ2v) is 7.55. The summed E-state index contributed by atoms with van der Waals surface area (Å²) in [4.78, 5) is 15.7. The molecule has 0 saturated carbocycles. The van der Waals surface area contributed by atoms with Crippen molar-refractivity contribution in [3.8, 4) is 0 Å². The standard InChI is InChI=1S/C16H18ClFN4OS.C2H6/c1-2-24-16-20-13-11-10(19-14(17)12(13)18)5-4-9-8-23-7-3-6-22(9)15(11)21-16;1-2/h9H,2-8H2,1H3;1-2H3. The molecule has 8 heteroatoms. The van der Waals surface area contributed by atoms with Gasteiger partial charge >= 0.3 is 0 Å². The molecule has 2 aliphatic rings. The molecule has 0 spiro atoms. The topological polar surface area (TPSA) is 51.1 Å². The maximum absolute atomic E-state index is 14.6. The van der Waals surface area contributed by atoms with Crippen LogP contribution in [0.5, 0.6) is 0 Å². The van der Waals surface area contributed by atoms with Crippen LogP contribution in [0.15, 0.2) is 5.16 Å². The maximum atomic E-state index is 14.6. The number of fused-ring (bicyclic) bond motifs is 2. The van der Waals surface area contributed by atoms with Crippen LogP contribution in [0.1, 0.15) is 39.3 Å². The smallest absolute Gasteiger partial charge is 0.190 e. The number of aromatic nitrogens is 3. The Hall–Kier alpha value is -1.18. The summed E-state index contributed by atoms with van der Waals surface area (Å²) in [5.41, 5.74) is 1.07. The molecule has 5 nitrogen and oxygen atoms in total. The Balaban J connectivity index is 0.000000948. The Morgan fingerprint density at radius 2 is 2.12 bits per heavy atom. The molecule has 0 N–H and O–H groups in total. The second kappa shape index (κ2) is 8.67. The van der Waals surface area contributed by atoms with Crippen molar-refractivity contribution in [2.75, 3.05) is 30.4 Å². The SMILES string of the molecule is CC.CCSc1nc2c3c(nc(Cl)c(F)c3n1)CCC1COCCCN21. The van der Waals surface area contributed by atoms with Gasteiger partial charge in [0, 0.05) is 13.2 Å². The van der Waals surface area contributed by atoms with Crippen molar-refractivity contribution in [2.45, 2.75) is 51.2 Å². The van der Waals surface area contributed by atoms with Crippen molar-refractivity contribution >= 4 is 40.1 Å². The third kappa shape index (κ3) is 3.62. The lowest BCUT2D eigenvalue weighted by Gasteiger charge is -2.29. The zero-order chi connectivity index (χ0) is 18.7. The zero-order valence-corrected chi connectivity index (χ0v) is 17.0. The number of halogens is 2. The van der Waals surface area contributed by atoms with Crippen LogP contribution in [-0.4, -0.2) is 46.5 Å². The molecular formula is C18H24ClFN4OS. The van der Waals surface area contributed by atoms with Crippen LogP contribution in [-0.2, 0) is 11.2 Å². The van der Waals surface area contributed by atoms with Crippen molar-refractivity contribution in [3.05, 3.63) is 16.7 Å². The molecule has 1 saturated heterocycles. The van der Waals surface area contributed by atoms with Gasteiger partial charge in [-0.1, -0.05) is 44.1 Å². The van der Waals surface area contributed by atoms with Crippen molar-refractivity contribution in [2.24, 2.45) is 0 Å². The molecule has 4 heterocycles. The highest BCUT2D eigenvalue weighted by Gasteiger charge is 2.31. The fourth-order valence-corrected chi connectivity index (χ4v) is 4.16. The minimum absolute atomic E-state index is 0.108. The number of rotatable bonds is 2. The van der Waals surface area contributed by atoms with Crippen molar-refractivity contribution < 1.29 is 9.13 Å². The Bertz CT molecular complexity index is 792. The van der Waals surface area contributed by atoms with Gasteiger partial charge in [-0.2, -0.15) is 0 Å². The van der Waals surface area contributed by atoms with Crippen molar-refractivity contribution in [1.29, 1.82) is 0 Å². The Kier molecular flexibility index (Phi) is 6.53. The lowest BCUT2D eigenvalue weighted by molar-refractivity contribution is 0.132. The lowest BCUT2D eigenvalue weighted by Crippen LogP contribution is -2.37. The van der Waals surface area contributed by atoms with Gasteiger partial charge in [-0.3, -0.25) is 0 Å². The molecule has 0 aliphatic carbocycles. The minimum Gasteiger partial charge on any atom is -0.379 e. The number of nitrogens with zero attached hydrogens (tertiary/aromatic N) is 4. The molecule has 0 bridgehead atoms. The highest BCUT2D eigenvalue weighted by Crippen LogP contribution is 2.37. The highest BCUT2D eigenvalue weighted by molar-refractivity contribution is 7.99. The fourth-order valence-electron chi connectivity index (χ4n) is 3.41. The van der Waals surface area contributed by atoms with E-state index in [0.717, 1.165) is 49.7 Å². The fraction of sp³-hybridized carbons (Fsp3) is 0.611. The van der Waals surface area contributed by atoms with E-state index in [1.807, 2.05) is 20.8 Å². The van der Waals surface area contributed by atoms with Crippen molar-refractivity contribution in [1.82, 2.24) is 15.0 Å². The van der Waals surface area contributed by atoms with Gasteiger partial charge in [0.2, 0.25) is 0 Å². The molecule has 1 unspecified atom stereocenters. The van der Waals surface area contributed by atoms with Crippen molar-refractivity contribution in [3.63, 3.8) is 0 Å². The normalized spacial score (nSPS) is 19.3. The van der Waals surface area contributed by atoms with Crippen LogP contribution in [0.4, 0.5) is 10.2 Å². The van der Waals surface area contributed by atoms with Crippen LogP contribution < -0.4 is 4.90 Å². The number of pyridine rings is 1. The molecule has 2 aliphatic heterocycles. The quantitative estimate of drug-likeness (QED) is 0.422. The summed E-state index contributed by atoms with van der Waals surface area (Å²) >= 11 is 7.52. The summed E-state index contributed by atoms with van der Waals surface area (Å²) in [6.45, 7) is 8.28. The first-order chi connectivity index (χ1) is 12.7. The molecule has 0 radical (unpaired) electrons. The first-order valence-electron chi connectivity index (χ1n) is 9.21. The van der Waals surface area contributed by atoms with Crippen LogP contribution in [0.3, 0.4) is 0 Å². The van der Waals surface area contributed by atoms with E-state index in [0.29, 0.717) is 17.1 Å². The molecule has 142 valence electrons. The molecule has 2 aromatic heterocycles. The van der Waals surface area contributed by atoms with Gasteiger partial charge in [0.1, 0.15) is 11.3 Å². The van der Waals surface area contributed by atoms with Gasteiger partial charge < -0.3 is 9.64 Å². The molecule has 4 rings (SSSR count). The number of hydrogen-bond acceptors (Lipinski definition) is 6. The van der Waals surface area contributed by atoms with Gasteiger partial charge in [-0.15, -0.1) is 0 Å². The molecule has 0 amide bonds.